The van der Waals surface area contributed by atoms with Crippen LogP contribution in [0.15, 0.2) is 55.1 Å². The molecule has 4 aromatic rings. The van der Waals surface area contributed by atoms with Gasteiger partial charge in [0.25, 0.3) is 5.91 Å². The van der Waals surface area contributed by atoms with Crippen LogP contribution in [0.4, 0.5) is 5.82 Å². The van der Waals surface area contributed by atoms with Crippen LogP contribution < -0.4 is 10.6 Å². The highest BCUT2D eigenvalue weighted by atomic mass is 16.2. The second kappa shape index (κ2) is 9.96. The Bertz CT molecular complexity index is 1430. The summed E-state index contributed by atoms with van der Waals surface area (Å²) in [7, 11) is 0. The Morgan fingerprint density at radius 2 is 1.95 bits per heavy atom. The second-order valence-corrected chi connectivity index (χ2v) is 9.53. The van der Waals surface area contributed by atoms with Crippen molar-refractivity contribution in [3.63, 3.8) is 0 Å². The number of rotatable bonds is 9. The minimum atomic E-state index is -0.0567. The lowest BCUT2D eigenvalue weighted by Gasteiger charge is -2.16. The third-order valence-electron chi connectivity index (χ3n) is 6.75. The number of aromatic nitrogens is 5. The van der Waals surface area contributed by atoms with Gasteiger partial charge in [0.15, 0.2) is 17.3 Å². The van der Waals surface area contributed by atoms with E-state index >= 15 is 0 Å². The van der Waals surface area contributed by atoms with Gasteiger partial charge in [0, 0.05) is 62.2 Å². The van der Waals surface area contributed by atoms with E-state index in [4.69, 9.17) is 9.97 Å². The van der Waals surface area contributed by atoms with Crippen LogP contribution >= 0.6 is 0 Å². The van der Waals surface area contributed by atoms with Gasteiger partial charge in [0.1, 0.15) is 5.52 Å². The summed E-state index contributed by atoms with van der Waals surface area (Å²) in [6.07, 6.45) is 8.93. The monoisotopic (exact) mass is 496 g/mol. The lowest BCUT2D eigenvalue weighted by Crippen LogP contribution is -2.28. The third-order valence-corrected chi connectivity index (χ3v) is 6.75. The lowest BCUT2D eigenvalue weighted by atomic mass is 10.1. The fraction of sp³-hybridized carbons (Fsp3) is 0.333. The van der Waals surface area contributed by atoms with E-state index in [0.29, 0.717) is 60.5 Å². The quantitative estimate of drug-likeness (QED) is 0.366. The maximum atomic E-state index is 12.4. The molecule has 2 fully saturated rings. The van der Waals surface area contributed by atoms with Gasteiger partial charge in [-0.25, -0.2) is 15.0 Å². The SMILES string of the molecule is O=C(NC1CC1)c1ccc(-c2nc(NCc3cccnc3)c3ncn(CCN4CCCC4=O)c3n2)cc1. The first-order valence-electron chi connectivity index (χ1n) is 12.7. The molecule has 2 amide bonds. The second-order valence-electron chi connectivity index (χ2n) is 9.53. The summed E-state index contributed by atoms with van der Waals surface area (Å²) in [6, 6.07) is 11.6. The molecular formula is C27H28N8O2. The van der Waals surface area contributed by atoms with Crippen molar-refractivity contribution in [1.29, 1.82) is 0 Å². The molecule has 1 aliphatic carbocycles. The number of hydrogen-bond acceptors (Lipinski definition) is 7. The summed E-state index contributed by atoms with van der Waals surface area (Å²) < 4.78 is 1.97. The third kappa shape index (κ3) is 5.13. The predicted octanol–water partition coefficient (Wildman–Crippen LogP) is 3.02. The van der Waals surface area contributed by atoms with Gasteiger partial charge in [-0.1, -0.05) is 18.2 Å². The summed E-state index contributed by atoms with van der Waals surface area (Å²) in [5, 5.41) is 6.41. The number of carbonyl (C=O) groups excluding carboxylic acids is 2. The van der Waals surface area contributed by atoms with E-state index in [0.717, 1.165) is 36.9 Å². The number of nitrogens with zero attached hydrogens (tertiary/aromatic N) is 6. The van der Waals surface area contributed by atoms with Crippen molar-refractivity contribution in [2.24, 2.45) is 0 Å². The van der Waals surface area contributed by atoms with Gasteiger partial charge in [-0.2, -0.15) is 0 Å². The number of hydrogen-bond donors (Lipinski definition) is 2. The van der Waals surface area contributed by atoms with Crippen molar-refractivity contribution in [2.75, 3.05) is 18.4 Å². The molecule has 188 valence electrons. The average Bonchev–Trinajstić information content (AvgIpc) is 3.50. The van der Waals surface area contributed by atoms with E-state index in [9.17, 15) is 9.59 Å². The van der Waals surface area contributed by atoms with Gasteiger partial charge in [-0.3, -0.25) is 14.6 Å². The fourth-order valence-corrected chi connectivity index (χ4v) is 4.48. The van der Waals surface area contributed by atoms with E-state index in [-0.39, 0.29) is 11.8 Å². The molecule has 4 heterocycles. The van der Waals surface area contributed by atoms with Crippen LogP contribution in [0.25, 0.3) is 22.6 Å². The Hall–Kier alpha value is -4.34. The summed E-state index contributed by atoms with van der Waals surface area (Å²) in [4.78, 5) is 44.8. The number of nitrogens with one attached hydrogen (secondary N) is 2. The molecule has 1 aromatic carbocycles. The molecule has 0 spiro atoms. The van der Waals surface area contributed by atoms with Crippen LogP contribution in [0.1, 0.15) is 41.6 Å². The van der Waals surface area contributed by atoms with Gasteiger partial charge >= 0.3 is 0 Å². The molecule has 2 N–H and O–H groups in total. The average molecular weight is 497 g/mol. The van der Waals surface area contributed by atoms with Gasteiger partial charge in [-0.05, 0) is 43.0 Å². The summed E-state index contributed by atoms with van der Waals surface area (Å²) >= 11 is 0. The largest absolute Gasteiger partial charge is 0.364 e. The molecule has 0 unspecified atom stereocenters. The Morgan fingerprint density at radius 3 is 2.68 bits per heavy atom. The normalized spacial score (nSPS) is 15.4. The first kappa shape index (κ1) is 23.1. The minimum absolute atomic E-state index is 0.0567. The van der Waals surface area contributed by atoms with Crippen LogP contribution in [0.5, 0.6) is 0 Å². The molecule has 37 heavy (non-hydrogen) atoms. The Balaban J connectivity index is 1.30. The van der Waals surface area contributed by atoms with E-state index in [1.807, 2.05) is 39.9 Å². The van der Waals surface area contributed by atoms with E-state index in [1.165, 1.54) is 0 Å². The molecule has 1 saturated heterocycles. The standard InChI is InChI=1S/C27H28N8O2/c36-22-4-2-12-34(22)13-14-35-17-30-23-25(29-16-18-3-1-11-28-15-18)32-24(33-26(23)35)19-5-7-20(8-6-19)27(37)31-21-9-10-21/h1,3,5-8,11,15,17,21H,2,4,9-10,12-14,16H2,(H,31,37)(H,29,32,33). The lowest BCUT2D eigenvalue weighted by molar-refractivity contribution is -0.127. The first-order valence-corrected chi connectivity index (χ1v) is 12.7. The van der Waals surface area contributed by atoms with Crippen LogP contribution in [-0.2, 0) is 17.9 Å². The molecule has 10 nitrogen and oxygen atoms in total. The van der Waals surface area contributed by atoms with E-state index < -0.39 is 0 Å². The Morgan fingerprint density at radius 1 is 1.08 bits per heavy atom. The number of benzene rings is 1. The maximum Gasteiger partial charge on any atom is 0.251 e. The molecule has 1 saturated carbocycles. The first-order chi connectivity index (χ1) is 18.1. The summed E-state index contributed by atoms with van der Waals surface area (Å²) in [5.74, 6) is 1.30. The smallest absolute Gasteiger partial charge is 0.251 e. The van der Waals surface area contributed by atoms with Crippen molar-refractivity contribution in [3.05, 3.63) is 66.2 Å². The Labute approximate surface area is 214 Å². The number of anilines is 1. The molecule has 10 heteroatoms. The van der Waals surface area contributed by atoms with Gasteiger partial charge < -0.3 is 20.1 Å². The zero-order valence-corrected chi connectivity index (χ0v) is 20.4. The van der Waals surface area contributed by atoms with E-state index in [1.54, 1.807) is 24.7 Å². The van der Waals surface area contributed by atoms with Crippen molar-refractivity contribution < 1.29 is 9.59 Å². The molecule has 0 atom stereocenters. The Kier molecular flexibility index (Phi) is 6.21. The topological polar surface area (TPSA) is 118 Å². The van der Waals surface area contributed by atoms with Gasteiger partial charge in [0.05, 0.1) is 6.33 Å². The predicted molar refractivity (Wildman–Crippen MR) is 139 cm³/mol. The zero-order valence-electron chi connectivity index (χ0n) is 20.4. The number of likely N-dealkylation sites (tertiary alicyclic amines) is 1. The number of imidazole rings is 1. The number of carbonyl (C=O) groups is 2. The molecule has 0 radical (unpaired) electrons. The maximum absolute atomic E-state index is 12.4. The van der Waals surface area contributed by atoms with Crippen molar-refractivity contribution in [1.82, 2.24) is 34.7 Å². The number of amides is 2. The zero-order chi connectivity index (χ0) is 25.2. The fourth-order valence-electron chi connectivity index (χ4n) is 4.48. The van der Waals surface area contributed by atoms with E-state index in [2.05, 4.69) is 20.6 Å². The van der Waals surface area contributed by atoms with Gasteiger partial charge in [-0.15, -0.1) is 0 Å². The highest BCUT2D eigenvalue weighted by Crippen LogP contribution is 2.26. The van der Waals surface area contributed by atoms with Crippen molar-refractivity contribution in [2.45, 2.75) is 44.8 Å². The molecule has 3 aromatic heterocycles. The van der Waals surface area contributed by atoms with Gasteiger partial charge in [0.2, 0.25) is 5.91 Å². The van der Waals surface area contributed by atoms with Crippen LogP contribution in [0, 0.1) is 0 Å². The molecule has 1 aliphatic heterocycles. The molecular weight excluding hydrogens is 468 g/mol. The summed E-state index contributed by atoms with van der Waals surface area (Å²) in [5.41, 5.74) is 3.80. The molecule has 0 bridgehead atoms. The van der Waals surface area contributed by atoms with Crippen LogP contribution in [0.2, 0.25) is 0 Å². The highest BCUT2D eigenvalue weighted by Gasteiger charge is 2.24. The van der Waals surface area contributed by atoms with Crippen molar-refractivity contribution in [3.8, 4) is 11.4 Å². The minimum Gasteiger partial charge on any atom is -0.364 e. The molecule has 2 aliphatic rings. The van der Waals surface area contributed by atoms with Crippen LogP contribution in [-0.4, -0.2) is 60.3 Å². The summed E-state index contributed by atoms with van der Waals surface area (Å²) in [6.45, 7) is 2.55. The van der Waals surface area contributed by atoms with Crippen molar-refractivity contribution >= 4 is 28.8 Å². The van der Waals surface area contributed by atoms with Crippen LogP contribution in [0.3, 0.4) is 0 Å². The highest BCUT2D eigenvalue weighted by molar-refractivity contribution is 5.95. The number of fused-ring (bicyclic) bond motifs is 1. The molecule has 6 rings (SSSR count). The number of pyridine rings is 1.